The predicted molar refractivity (Wildman–Crippen MR) is 68.3 cm³/mol. The summed E-state index contributed by atoms with van der Waals surface area (Å²) in [5.41, 5.74) is 6.62. The van der Waals surface area contributed by atoms with E-state index >= 15 is 0 Å². The van der Waals surface area contributed by atoms with Gasteiger partial charge in [0.15, 0.2) is 5.78 Å². The summed E-state index contributed by atoms with van der Waals surface area (Å²) >= 11 is 0. The van der Waals surface area contributed by atoms with Crippen molar-refractivity contribution in [2.45, 2.75) is 19.4 Å². The molecule has 17 heavy (non-hydrogen) atoms. The van der Waals surface area contributed by atoms with Crippen LogP contribution < -0.4 is 5.73 Å². The molecule has 0 aromatic heterocycles. The maximum absolute atomic E-state index is 11.4. The SMILES string of the molecule is CC(=O)COC(=O)[C@@H](N)Cc1ccccc1.[CaH2]. The molecule has 0 bridgehead atoms. The van der Waals surface area contributed by atoms with Crippen molar-refractivity contribution in [1.29, 1.82) is 0 Å². The summed E-state index contributed by atoms with van der Waals surface area (Å²) in [5, 5.41) is 0. The van der Waals surface area contributed by atoms with Gasteiger partial charge in [-0.3, -0.25) is 9.59 Å². The number of carbonyl (C=O) groups is 2. The molecule has 0 aliphatic heterocycles. The molecule has 1 aromatic rings. The first-order valence-electron chi connectivity index (χ1n) is 5.05. The zero-order chi connectivity index (χ0) is 12.0. The van der Waals surface area contributed by atoms with Crippen molar-refractivity contribution in [1.82, 2.24) is 0 Å². The molecule has 4 nitrogen and oxygen atoms in total. The van der Waals surface area contributed by atoms with Crippen molar-refractivity contribution in [2.75, 3.05) is 6.61 Å². The molecule has 0 radical (unpaired) electrons. The fourth-order valence-electron chi connectivity index (χ4n) is 1.23. The van der Waals surface area contributed by atoms with Gasteiger partial charge < -0.3 is 10.5 Å². The summed E-state index contributed by atoms with van der Waals surface area (Å²) in [6.45, 7) is 1.15. The van der Waals surface area contributed by atoms with Crippen LogP contribution in [-0.4, -0.2) is 62.1 Å². The second kappa shape index (κ2) is 8.64. The molecule has 90 valence electrons. The third-order valence-corrected chi connectivity index (χ3v) is 2.02. The van der Waals surface area contributed by atoms with Crippen LogP contribution >= 0.6 is 0 Å². The number of Topliss-reactive ketones (excluding diaryl/α,β-unsaturated/α-hetero) is 1. The van der Waals surface area contributed by atoms with Crippen LogP contribution in [0.5, 0.6) is 0 Å². The maximum atomic E-state index is 11.4. The van der Waals surface area contributed by atoms with E-state index in [0.29, 0.717) is 6.42 Å². The van der Waals surface area contributed by atoms with E-state index < -0.39 is 12.0 Å². The number of ether oxygens (including phenoxy) is 1. The number of hydrogen-bond donors (Lipinski definition) is 1. The Hall–Kier alpha value is -0.420. The number of rotatable bonds is 5. The normalized spacial score (nSPS) is 11.2. The van der Waals surface area contributed by atoms with Crippen LogP contribution in [0.15, 0.2) is 30.3 Å². The molecule has 0 amide bonds. The molecule has 1 aromatic carbocycles. The molecule has 0 spiro atoms. The van der Waals surface area contributed by atoms with Gasteiger partial charge in [0, 0.05) is 0 Å². The fraction of sp³-hybridized carbons (Fsp3) is 0.333. The third-order valence-electron chi connectivity index (χ3n) is 2.02. The molecule has 0 aliphatic rings. The summed E-state index contributed by atoms with van der Waals surface area (Å²) < 4.78 is 4.72. The zero-order valence-electron chi connectivity index (χ0n) is 9.18. The number of esters is 1. The fourth-order valence-corrected chi connectivity index (χ4v) is 1.23. The molecule has 0 fully saturated rings. The van der Waals surface area contributed by atoms with E-state index in [2.05, 4.69) is 0 Å². The van der Waals surface area contributed by atoms with Gasteiger partial charge in [-0.2, -0.15) is 0 Å². The van der Waals surface area contributed by atoms with Gasteiger partial charge in [-0.05, 0) is 18.9 Å². The van der Waals surface area contributed by atoms with E-state index in [0.717, 1.165) is 5.56 Å². The Morgan fingerprint density at radius 2 is 1.88 bits per heavy atom. The Bertz CT molecular complexity index is 367. The Balaban J connectivity index is 0.00000256. The molecule has 0 saturated heterocycles. The van der Waals surface area contributed by atoms with Gasteiger partial charge in [0.2, 0.25) is 0 Å². The number of carbonyl (C=O) groups excluding carboxylic acids is 2. The van der Waals surface area contributed by atoms with Crippen LogP contribution in [0.4, 0.5) is 0 Å². The minimum absolute atomic E-state index is 0. The number of nitrogens with two attached hydrogens (primary N) is 1. The van der Waals surface area contributed by atoms with Crippen molar-refractivity contribution in [3.05, 3.63) is 35.9 Å². The monoisotopic (exact) mass is 263 g/mol. The Kier molecular flexibility index (Phi) is 8.43. The van der Waals surface area contributed by atoms with Gasteiger partial charge in [0.1, 0.15) is 12.6 Å². The topological polar surface area (TPSA) is 69.4 Å². The third kappa shape index (κ3) is 6.78. The Morgan fingerprint density at radius 3 is 2.41 bits per heavy atom. The summed E-state index contributed by atoms with van der Waals surface area (Å²) in [4.78, 5) is 22.0. The first-order chi connectivity index (χ1) is 7.59. The number of ketones is 1. The van der Waals surface area contributed by atoms with Crippen molar-refractivity contribution in [2.24, 2.45) is 5.73 Å². The van der Waals surface area contributed by atoms with E-state index in [1.165, 1.54) is 6.92 Å². The first-order valence-corrected chi connectivity index (χ1v) is 5.05. The van der Waals surface area contributed by atoms with E-state index in [1.807, 2.05) is 30.3 Å². The summed E-state index contributed by atoms with van der Waals surface area (Å²) in [6, 6.07) is 8.70. The van der Waals surface area contributed by atoms with E-state index in [-0.39, 0.29) is 50.1 Å². The zero-order valence-corrected chi connectivity index (χ0v) is 9.18. The van der Waals surface area contributed by atoms with E-state index in [4.69, 9.17) is 10.5 Å². The molecule has 0 saturated carbocycles. The summed E-state index contributed by atoms with van der Waals surface area (Å²) in [5.74, 6) is -0.737. The number of hydrogen-bond acceptors (Lipinski definition) is 4. The van der Waals surface area contributed by atoms with Crippen molar-refractivity contribution in [3.8, 4) is 0 Å². The molecule has 0 unspecified atom stereocenters. The average molecular weight is 263 g/mol. The Morgan fingerprint density at radius 1 is 1.29 bits per heavy atom. The second-order valence-corrected chi connectivity index (χ2v) is 3.61. The average Bonchev–Trinajstić information content (AvgIpc) is 2.27. The van der Waals surface area contributed by atoms with Gasteiger partial charge in [-0.25, -0.2) is 0 Å². The standard InChI is InChI=1S/C12H15NO3.Ca.2H/c1-9(14)8-16-12(15)11(13)7-10-5-3-2-4-6-10;;;/h2-6,11H,7-8,13H2,1H3;;;/t11-;;;/m0.../s1. The number of benzene rings is 1. The van der Waals surface area contributed by atoms with Crippen LogP contribution in [-0.2, 0) is 20.7 Å². The van der Waals surface area contributed by atoms with Gasteiger partial charge >= 0.3 is 43.7 Å². The quantitative estimate of drug-likeness (QED) is 0.588. The molecular weight excluding hydrogens is 246 g/mol. The first kappa shape index (κ1) is 16.6. The Labute approximate surface area is 131 Å². The predicted octanol–water partition coefficient (Wildman–Crippen LogP) is -0.228. The molecule has 2 N–H and O–H groups in total. The minimum atomic E-state index is -0.721. The molecule has 0 aliphatic carbocycles. The van der Waals surface area contributed by atoms with Crippen molar-refractivity contribution in [3.63, 3.8) is 0 Å². The second-order valence-electron chi connectivity index (χ2n) is 3.61. The van der Waals surface area contributed by atoms with Crippen LogP contribution in [0.3, 0.4) is 0 Å². The van der Waals surface area contributed by atoms with Gasteiger partial charge in [0.05, 0.1) is 0 Å². The van der Waals surface area contributed by atoms with Gasteiger partial charge in [0.25, 0.3) is 0 Å². The van der Waals surface area contributed by atoms with Gasteiger partial charge in [-0.1, -0.05) is 30.3 Å². The molecular formula is C12H17CaNO3. The van der Waals surface area contributed by atoms with Crippen LogP contribution in [0, 0.1) is 0 Å². The molecule has 0 heterocycles. The van der Waals surface area contributed by atoms with Crippen LogP contribution in [0.1, 0.15) is 12.5 Å². The van der Waals surface area contributed by atoms with E-state index in [1.54, 1.807) is 0 Å². The van der Waals surface area contributed by atoms with Crippen LogP contribution in [0.25, 0.3) is 0 Å². The molecule has 1 rings (SSSR count). The van der Waals surface area contributed by atoms with Crippen LogP contribution in [0.2, 0.25) is 0 Å². The molecule has 5 heteroatoms. The summed E-state index contributed by atoms with van der Waals surface area (Å²) in [7, 11) is 0. The van der Waals surface area contributed by atoms with Crippen molar-refractivity contribution >= 4 is 49.5 Å². The van der Waals surface area contributed by atoms with Crippen molar-refractivity contribution < 1.29 is 14.3 Å². The van der Waals surface area contributed by atoms with E-state index in [9.17, 15) is 9.59 Å². The molecule has 1 atom stereocenters. The van der Waals surface area contributed by atoms with Gasteiger partial charge in [-0.15, -0.1) is 0 Å². The summed E-state index contributed by atoms with van der Waals surface area (Å²) in [6.07, 6.45) is 0.414.